The van der Waals surface area contributed by atoms with Crippen molar-refractivity contribution in [3.8, 4) is 5.75 Å². The minimum Gasteiger partial charge on any atom is -0.467 e. The van der Waals surface area contributed by atoms with E-state index in [4.69, 9.17) is 9.47 Å². The van der Waals surface area contributed by atoms with Crippen molar-refractivity contribution in [1.82, 2.24) is 5.32 Å². The lowest BCUT2D eigenvalue weighted by Crippen LogP contribution is -2.25. The minimum atomic E-state index is -0.0210. The zero-order valence-corrected chi connectivity index (χ0v) is 21.3. The van der Waals surface area contributed by atoms with E-state index in [1.54, 1.807) is 7.11 Å². The summed E-state index contributed by atoms with van der Waals surface area (Å²) in [5.41, 5.74) is 6.51. The van der Waals surface area contributed by atoms with Crippen LogP contribution in [0.15, 0.2) is 30.3 Å². The van der Waals surface area contributed by atoms with Gasteiger partial charge in [-0.05, 0) is 43.6 Å². The van der Waals surface area contributed by atoms with Gasteiger partial charge in [0.05, 0.1) is 0 Å². The second-order valence-corrected chi connectivity index (χ2v) is 11.4. The first-order chi connectivity index (χ1) is 14.1. The Hall–Kier alpha value is -1.41. The molecule has 30 heavy (non-hydrogen) atoms. The Labute approximate surface area is 185 Å². The third-order valence-electron chi connectivity index (χ3n) is 5.70. The molecule has 0 amide bonds. The normalized spacial score (nSPS) is 14.3. The fraction of sp³-hybridized carbons (Fsp3) is 0.538. The van der Waals surface area contributed by atoms with Gasteiger partial charge in [-0.3, -0.25) is 0 Å². The molecule has 0 spiro atoms. The van der Waals surface area contributed by atoms with E-state index in [2.05, 4.69) is 84.1 Å². The predicted octanol–water partition coefficient (Wildman–Crippen LogP) is 5.93. The van der Waals surface area contributed by atoms with Gasteiger partial charge in [0.15, 0.2) is 6.79 Å². The molecule has 0 saturated carbocycles. The van der Waals surface area contributed by atoms with Gasteiger partial charge in [0.1, 0.15) is 5.75 Å². The molecule has 0 fully saturated rings. The van der Waals surface area contributed by atoms with E-state index >= 15 is 0 Å². The standard InChI is InChI=1S/C26H40NO2P/c1-10-26(7,30-23-12-11-18(2)13-20(23)16-27-8)22-15-19(3)14-21(25(4,5)6)24(22)29-17-28-9/h11-15,27,30H,10,16-17H2,1-9H3. The summed E-state index contributed by atoms with van der Waals surface area (Å²) in [6.45, 7) is 16.9. The lowest BCUT2D eigenvalue weighted by Gasteiger charge is -2.35. The van der Waals surface area contributed by atoms with Gasteiger partial charge in [-0.1, -0.05) is 84.7 Å². The van der Waals surface area contributed by atoms with E-state index in [9.17, 15) is 0 Å². The molecule has 0 aromatic heterocycles. The number of hydrogen-bond donors (Lipinski definition) is 1. The Bertz CT molecular complexity index is 857. The molecular formula is C26H40NO2P. The first kappa shape index (κ1) is 24.9. The van der Waals surface area contributed by atoms with Gasteiger partial charge in [0.2, 0.25) is 0 Å². The minimum absolute atomic E-state index is 0.0112. The van der Waals surface area contributed by atoms with Crippen molar-refractivity contribution < 1.29 is 9.47 Å². The predicted molar refractivity (Wildman–Crippen MR) is 132 cm³/mol. The average Bonchev–Trinajstić information content (AvgIpc) is 2.68. The number of rotatable bonds is 9. The molecular weight excluding hydrogens is 389 g/mol. The summed E-state index contributed by atoms with van der Waals surface area (Å²) in [7, 11) is 4.35. The molecule has 2 atom stereocenters. The van der Waals surface area contributed by atoms with Crippen LogP contribution in [0.4, 0.5) is 0 Å². The van der Waals surface area contributed by atoms with E-state index in [1.165, 1.54) is 33.1 Å². The van der Waals surface area contributed by atoms with Crippen LogP contribution in [-0.2, 0) is 21.9 Å². The Balaban J connectivity index is 2.65. The fourth-order valence-corrected chi connectivity index (χ4v) is 5.42. The smallest absolute Gasteiger partial charge is 0.188 e. The van der Waals surface area contributed by atoms with E-state index in [0.29, 0.717) is 8.58 Å². The van der Waals surface area contributed by atoms with Gasteiger partial charge in [0.25, 0.3) is 0 Å². The van der Waals surface area contributed by atoms with Crippen molar-refractivity contribution >= 4 is 13.9 Å². The molecule has 4 heteroatoms. The Morgan fingerprint density at radius 1 is 0.967 bits per heavy atom. The molecule has 0 saturated heterocycles. The van der Waals surface area contributed by atoms with Crippen LogP contribution in [-0.4, -0.2) is 21.0 Å². The molecule has 0 radical (unpaired) electrons. The third kappa shape index (κ3) is 5.84. The van der Waals surface area contributed by atoms with Crippen LogP contribution < -0.4 is 15.4 Å². The number of hydrogen-bond acceptors (Lipinski definition) is 3. The Morgan fingerprint density at radius 2 is 1.63 bits per heavy atom. The van der Waals surface area contributed by atoms with Crippen LogP contribution >= 0.6 is 8.58 Å². The van der Waals surface area contributed by atoms with Crippen molar-refractivity contribution in [1.29, 1.82) is 0 Å². The number of methoxy groups -OCH3 is 1. The molecule has 0 bridgehead atoms. The van der Waals surface area contributed by atoms with Crippen molar-refractivity contribution in [2.24, 2.45) is 0 Å². The van der Waals surface area contributed by atoms with Crippen LogP contribution in [0.3, 0.4) is 0 Å². The third-order valence-corrected chi connectivity index (χ3v) is 7.63. The topological polar surface area (TPSA) is 30.5 Å². The molecule has 0 aliphatic heterocycles. The van der Waals surface area contributed by atoms with Crippen molar-refractivity contribution in [2.45, 2.75) is 72.0 Å². The molecule has 3 nitrogen and oxygen atoms in total. The Morgan fingerprint density at radius 3 is 2.20 bits per heavy atom. The van der Waals surface area contributed by atoms with Crippen LogP contribution in [0.1, 0.15) is 68.9 Å². The monoisotopic (exact) mass is 429 g/mol. The number of ether oxygens (including phenoxy) is 2. The second-order valence-electron chi connectivity index (χ2n) is 9.49. The highest BCUT2D eigenvalue weighted by atomic mass is 31.1. The second kappa shape index (κ2) is 10.3. The van der Waals surface area contributed by atoms with E-state index in [1.807, 2.05) is 7.05 Å². The highest BCUT2D eigenvalue weighted by molar-refractivity contribution is 7.48. The first-order valence-electron chi connectivity index (χ1n) is 10.9. The first-order valence-corrected chi connectivity index (χ1v) is 11.9. The summed E-state index contributed by atoms with van der Waals surface area (Å²) in [6.07, 6.45) is 1.04. The van der Waals surface area contributed by atoms with Gasteiger partial charge in [-0.15, -0.1) is 0 Å². The highest BCUT2D eigenvalue weighted by Crippen LogP contribution is 2.50. The maximum atomic E-state index is 6.25. The van der Waals surface area contributed by atoms with Gasteiger partial charge in [0, 0.05) is 29.9 Å². The largest absolute Gasteiger partial charge is 0.467 e. The average molecular weight is 430 g/mol. The van der Waals surface area contributed by atoms with Gasteiger partial charge in [-0.25, -0.2) is 0 Å². The van der Waals surface area contributed by atoms with Crippen molar-refractivity contribution in [3.63, 3.8) is 0 Å². The molecule has 2 rings (SSSR count). The molecule has 2 aromatic rings. The molecule has 0 aliphatic rings. The number of nitrogens with one attached hydrogen (secondary N) is 1. The fourth-order valence-electron chi connectivity index (χ4n) is 3.84. The summed E-state index contributed by atoms with van der Waals surface area (Å²) in [5.74, 6) is 0.995. The molecule has 0 aliphatic carbocycles. The van der Waals surface area contributed by atoms with Crippen molar-refractivity contribution in [3.05, 3.63) is 58.1 Å². The van der Waals surface area contributed by atoms with Crippen LogP contribution in [0, 0.1) is 13.8 Å². The van der Waals surface area contributed by atoms with Gasteiger partial charge in [-0.2, -0.15) is 0 Å². The summed E-state index contributed by atoms with van der Waals surface area (Å²) in [4.78, 5) is 0. The van der Waals surface area contributed by atoms with Gasteiger partial charge >= 0.3 is 0 Å². The summed E-state index contributed by atoms with van der Waals surface area (Å²) < 4.78 is 11.6. The number of aryl methyl sites for hydroxylation is 2. The maximum absolute atomic E-state index is 6.25. The summed E-state index contributed by atoms with van der Waals surface area (Å²) in [6, 6.07) is 11.4. The van der Waals surface area contributed by atoms with Gasteiger partial charge < -0.3 is 14.8 Å². The molecule has 166 valence electrons. The lowest BCUT2D eigenvalue weighted by molar-refractivity contribution is 0.0487. The summed E-state index contributed by atoms with van der Waals surface area (Å²) >= 11 is 0. The molecule has 0 heterocycles. The molecule has 2 aromatic carbocycles. The number of benzene rings is 2. The quantitative estimate of drug-likeness (QED) is 0.396. The van der Waals surface area contributed by atoms with E-state index < -0.39 is 0 Å². The van der Waals surface area contributed by atoms with E-state index in [0.717, 1.165) is 18.7 Å². The SMILES string of the molecule is CCC(C)(Pc1ccc(C)cc1CNC)c1cc(C)cc(C(C)(C)C)c1OCOC. The summed E-state index contributed by atoms with van der Waals surface area (Å²) in [5, 5.41) is 4.74. The zero-order valence-electron chi connectivity index (χ0n) is 20.3. The zero-order chi connectivity index (χ0) is 22.5. The van der Waals surface area contributed by atoms with E-state index in [-0.39, 0.29) is 17.4 Å². The van der Waals surface area contributed by atoms with Crippen LogP contribution in [0.5, 0.6) is 5.75 Å². The molecule has 1 N–H and O–H groups in total. The van der Waals surface area contributed by atoms with Crippen LogP contribution in [0.25, 0.3) is 0 Å². The van der Waals surface area contributed by atoms with Crippen LogP contribution in [0.2, 0.25) is 0 Å². The Kier molecular flexibility index (Phi) is 8.51. The highest BCUT2D eigenvalue weighted by Gasteiger charge is 2.33. The lowest BCUT2D eigenvalue weighted by atomic mass is 9.81. The molecule has 2 unspecified atom stereocenters. The van der Waals surface area contributed by atoms with Crippen molar-refractivity contribution in [2.75, 3.05) is 21.0 Å². The maximum Gasteiger partial charge on any atom is 0.188 e.